The SMILES string of the molecule is COc1cc(C2Nc3cccc4cccc(c34)N2)ccc1OC(C)C. The Morgan fingerprint density at radius 3 is 2.16 bits per heavy atom. The normalized spacial score (nSPS) is 13.4. The Morgan fingerprint density at radius 2 is 1.56 bits per heavy atom. The van der Waals surface area contributed by atoms with Gasteiger partial charge in [0.25, 0.3) is 0 Å². The molecule has 2 N–H and O–H groups in total. The summed E-state index contributed by atoms with van der Waals surface area (Å²) in [7, 11) is 1.67. The Balaban J connectivity index is 1.70. The van der Waals surface area contributed by atoms with Crippen molar-refractivity contribution < 1.29 is 9.47 Å². The van der Waals surface area contributed by atoms with Crippen molar-refractivity contribution in [2.24, 2.45) is 0 Å². The molecule has 128 valence electrons. The van der Waals surface area contributed by atoms with E-state index in [9.17, 15) is 0 Å². The lowest BCUT2D eigenvalue weighted by Crippen LogP contribution is -2.23. The molecule has 0 atom stereocenters. The fraction of sp³-hybridized carbons (Fsp3) is 0.238. The summed E-state index contributed by atoms with van der Waals surface area (Å²) in [5.41, 5.74) is 3.37. The minimum absolute atomic E-state index is 0.0255. The van der Waals surface area contributed by atoms with Gasteiger partial charge in [-0.15, -0.1) is 0 Å². The van der Waals surface area contributed by atoms with Crippen LogP contribution in [0, 0.1) is 0 Å². The molecule has 3 aromatic rings. The molecule has 0 fully saturated rings. The van der Waals surface area contributed by atoms with Crippen LogP contribution in [0.25, 0.3) is 10.8 Å². The average Bonchev–Trinajstić information content (AvgIpc) is 2.62. The summed E-state index contributed by atoms with van der Waals surface area (Å²) in [6.45, 7) is 4.02. The highest BCUT2D eigenvalue weighted by Crippen LogP contribution is 2.40. The first-order valence-corrected chi connectivity index (χ1v) is 8.55. The van der Waals surface area contributed by atoms with Crippen molar-refractivity contribution in [1.82, 2.24) is 0 Å². The molecule has 25 heavy (non-hydrogen) atoms. The molecule has 0 radical (unpaired) electrons. The second-order valence-electron chi connectivity index (χ2n) is 6.51. The van der Waals surface area contributed by atoms with Gasteiger partial charge in [-0.1, -0.05) is 30.3 Å². The Morgan fingerprint density at radius 1 is 0.880 bits per heavy atom. The number of benzene rings is 3. The summed E-state index contributed by atoms with van der Waals surface area (Å²) < 4.78 is 11.3. The highest BCUT2D eigenvalue weighted by molar-refractivity contribution is 6.04. The summed E-state index contributed by atoms with van der Waals surface area (Å²) >= 11 is 0. The van der Waals surface area contributed by atoms with Gasteiger partial charge in [-0.3, -0.25) is 0 Å². The minimum atomic E-state index is -0.0255. The van der Waals surface area contributed by atoms with E-state index >= 15 is 0 Å². The lowest BCUT2D eigenvalue weighted by atomic mass is 10.0. The molecule has 4 nitrogen and oxygen atoms in total. The standard InChI is InChI=1S/C21H22N2O2/c1-13(2)25-18-11-10-15(12-19(18)24-3)21-22-16-8-4-6-14-7-5-9-17(23-21)20(14)16/h4-13,21-23H,1-3H3. The van der Waals surface area contributed by atoms with Gasteiger partial charge >= 0.3 is 0 Å². The van der Waals surface area contributed by atoms with Crippen LogP contribution in [-0.2, 0) is 0 Å². The molecule has 4 rings (SSSR count). The van der Waals surface area contributed by atoms with Crippen LogP contribution in [0.15, 0.2) is 54.6 Å². The number of rotatable bonds is 4. The van der Waals surface area contributed by atoms with Crippen molar-refractivity contribution in [3.8, 4) is 11.5 Å². The van der Waals surface area contributed by atoms with E-state index in [4.69, 9.17) is 9.47 Å². The zero-order valence-electron chi connectivity index (χ0n) is 14.7. The number of nitrogens with one attached hydrogen (secondary N) is 2. The molecule has 1 heterocycles. The summed E-state index contributed by atoms with van der Waals surface area (Å²) in [6, 6.07) is 18.7. The fourth-order valence-electron chi connectivity index (χ4n) is 3.31. The van der Waals surface area contributed by atoms with E-state index in [2.05, 4.69) is 53.1 Å². The van der Waals surface area contributed by atoms with E-state index < -0.39 is 0 Å². The molecule has 0 bridgehead atoms. The molecular formula is C21H22N2O2. The van der Waals surface area contributed by atoms with E-state index in [1.807, 2.05) is 26.0 Å². The van der Waals surface area contributed by atoms with Gasteiger partial charge in [0.15, 0.2) is 11.5 Å². The van der Waals surface area contributed by atoms with E-state index in [0.717, 1.165) is 28.4 Å². The van der Waals surface area contributed by atoms with Crippen LogP contribution < -0.4 is 20.1 Å². The van der Waals surface area contributed by atoms with Crippen LogP contribution in [0.1, 0.15) is 25.6 Å². The summed E-state index contributed by atoms with van der Waals surface area (Å²) in [6.07, 6.45) is 0.0812. The summed E-state index contributed by atoms with van der Waals surface area (Å²) in [5.74, 6) is 1.51. The largest absolute Gasteiger partial charge is 0.493 e. The fourth-order valence-corrected chi connectivity index (χ4v) is 3.31. The summed E-state index contributed by atoms with van der Waals surface area (Å²) in [5, 5.41) is 9.62. The first-order valence-electron chi connectivity index (χ1n) is 8.55. The smallest absolute Gasteiger partial charge is 0.161 e. The molecule has 0 amide bonds. The highest BCUT2D eigenvalue weighted by atomic mass is 16.5. The van der Waals surface area contributed by atoms with Gasteiger partial charge in [-0.25, -0.2) is 0 Å². The molecule has 0 spiro atoms. The van der Waals surface area contributed by atoms with Crippen molar-refractivity contribution in [3.05, 3.63) is 60.2 Å². The van der Waals surface area contributed by atoms with E-state index in [1.54, 1.807) is 7.11 Å². The molecular weight excluding hydrogens is 312 g/mol. The Kier molecular flexibility index (Phi) is 3.88. The lowest BCUT2D eigenvalue weighted by Gasteiger charge is -2.30. The van der Waals surface area contributed by atoms with Gasteiger partial charge in [-0.2, -0.15) is 0 Å². The third kappa shape index (κ3) is 2.84. The highest BCUT2D eigenvalue weighted by Gasteiger charge is 2.21. The predicted molar refractivity (Wildman–Crippen MR) is 103 cm³/mol. The maximum atomic E-state index is 5.82. The van der Waals surface area contributed by atoms with Gasteiger partial charge in [-0.05, 0) is 49.1 Å². The Labute approximate surface area is 147 Å². The Hall–Kier alpha value is -2.88. The molecule has 0 saturated heterocycles. The first kappa shape index (κ1) is 15.6. The van der Waals surface area contributed by atoms with E-state index in [1.165, 1.54) is 10.8 Å². The third-order valence-corrected chi connectivity index (χ3v) is 4.39. The van der Waals surface area contributed by atoms with E-state index in [-0.39, 0.29) is 12.3 Å². The number of anilines is 2. The molecule has 4 heteroatoms. The van der Waals surface area contributed by atoms with Crippen molar-refractivity contribution in [3.63, 3.8) is 0 Å². The van der Waals surface area contributed by atoms with Crippen LogP contribution in [-0.4, -0.2) is 13.2 Å². The maximum Gasteiger partial charge on any atom is 0.161 e. The molecule has 0 saturated carbocycles. The van der Waals surface area contributed by atoms with Crippen molar-refractivity contribution in [2.75, 3.05) is 17.7 Å². The van der Waals surface area contributed by atoms with Crippen LogP contribution >= 0.6 is 0 Å². The molecule has 0 aromatic heterocycles. The van der Waals surface area contributed by atoms with Crippen LogP contribution in [0.5, 0.6) is 11.5 Å². The van der Waals surface area contributed by atoms with Gasteiger partial charge in [0, 0.05) is 16.8 Å². The molecule has 0 unspecified atom stereocenters. The second-order valence-corrected chi connectivity index (χ2v) is 6.51. The monoisotopic (exact) mass is 334 g/mol. The van der Waals surface area contributed by atoms with Crippen LogP contribution in [0.2, 0.25) is 0 Å². The molecule has 1 aliphatic rings. The molecule has 0 aliphatic carbocycles. The summed E-state index contributed by atoms with van der Waals surface area (Å²) in [4.78, 5) is 0. The number of ether oxygens (including phenoxy) is 2. The van der Waals surface area contributed by atoms with Crippen molar-refractivity contribution in [1.29, 1.82) is 0 Å². The molecule has 1 aliphatic heterocycles. The lowest BCUT2D eigenvalue weighted by molar-refractivity contribution is 0.230. The quantitative estimate of drug-likeness (QED) is 0.690. The van der Waals surface area contributed by atoms with Gasteiger partial charge in [0.1, 0.15) is 6.17 Å². The van der Waals surface area contributed by atoms with Gasteiger partial charge in [0.05, 0.1) is 13.2 Å². The van der Waals surface area contributed by atoms with Crippen molar-refractivity contribution >= 4 is 22.1 Å². The average molecular weight is 334 g/mol. The Bertz CT molecular complexity index is 880. The van der Waals surface area contributed by atoms with Crippen molar-refractivity contribution in [2.45, 2.75) is 26.1 Å². The second kappa shape index (κ2) is 6.20. The predicted octanol–water partition coefficient (Wildman–Crippen LogP) is 5.17. The molecule has 3 aromatic carbocycles. The number of hydrogen-bond acceptors (Lipinski definition) is 4. The van der Waals surface area contributed by atoms with E-state index in [0.29, 0.717) is 0 Å². The van der Waals surface area contributed by atoms with Crippen LogP contribution in [0.4, 0.5) is 11.4 Å². The van der Waals surface area contributed by atoms with Gasteiger partial charge in [0.2, 0.25) is 0 Å². The van der Waals surface area contributed by atoms with Gasteiger partial charge < -0.3 is 20.1 Å². The van der Waals surface area contributed by atoms with Crippen LogP contribution in [0.3, 0.4) is 0 Å². The number of methoxy groups -OCH3 is 1. The topological polar surface area (TPSA) is 42.5 Å². The third-order valence-electron chi connectivity index (χ3n) is 4.39. The maximum absolute atomic E-state index is 5.82. The minimum Gasteiger partial charge on any atom is -0.493 e. The number of hydrogen-bond donors (Lipinski definition) is 2. The zero-order valence-corrected chi connectivity index (χ0v) is 14.7. The first-order chi connectivity index (χ1) is 12.2. The zero-order chi connectivity index (χ0) is 17.4.